The highest BCUT2D eigenvalue weighted by atomic mass is 32.1. The molecule has 19 heavy (non-hydrogen) atoms. The first-order chi connectivity index (χ1) is 9.15. The fourth-order valence-electron chi connectivity index (χ4n) is 1.75. The molecule has 2 N–H and O–H groups in total. The first-order valence-electron chi connectivity index (χ1n) is 6.17. The molecule has 0 fully saturated rings. The minimum absolute atomic E-state index is 0.324. The zero-order valence-electron chi connectivity index (χ0n) is 11.2. The van der Waals surface area contributed by atoms with Gasteiger partial charge < -0.3 is 15.2 Å². The standard InChI is InChI=1S/C13H19N3O2S/c1-10-13(7-16(2)15-10)14-6-11(17)8-18-9-12-4-3-5-19-12/h3-5,7,11,14,17H,6,8-9H2,1-2H3. The van der Waals surface area contributed by atoms with Gasteiger partial charge in [-0.05, 0) is 18.4 Å². The molecule has 0 radical (unpaired) electrons. The lowest BCUT2D eigenvalue weighted by Crippen LogP contribution is -2.24. The van der Waals surface area contributed by atoms with Gasteiger partial charge in [-0.3, -0.25) is 4.68 Å². The van der Waals surface area contributed by atoms with Crippen molar-refractivity contribution < 1.29 is 9.84 Å². The van der Waals surface area contributed by atoms with E-state index in [9.17, 15) is 5.11 Å². The van der Waals surface area contributed by atoms with Crippen LogP contribution in [0.2, 0.25) is 0 Å². The van der Waals surface area contributed by atoms with E-state index < -0.39 is 6.10 Å². The molecule has 0 aliphatic rings. The topological polar surface area (TPSA) is 59.3 Å². The van der Waals surface area contributed by atoms with E-state index in [0.29, 0.717) is 19.8 Å². The molecule has 104 valence electrons. The number of hydrogen-bond acceptors (Lipinski definition) is 5. The third kappa shape index (κ3) is 4.34. The van der Waals surface area contributed by atoms with Gasteiger partial charge in [0.25, 0.3) is 0 Å². The number of nitrogens with zero attached hydrogens (tertiary/aromatic N) is 2. The molecule has 2 aromatic heterocycles. The number of aliphatic hydroxyl groups excluding tert-OH is 1. The summed E-state index contributed by atoms with van der Waals surface area (Å²) < 4.78 is 7.21. The third-order valence-corrected chi connectivity index (χ3v) is 3.53. The van der Waals surface area contributed by atoms with Crippen LogP contribution in [0.4, 0.5) is 5.69 Å². The summed E-state index contributed by atoms with van der Waals surface area (Å²) in [6.07, 6.45) is 1.37. The summed E-state index contributed by atoms with van der Waals surface area (Å²) in [5.41, 5.74) is 1.87. The molecule has 5 nitrogen and oxygen atoms in total. The van der Waals surface area contributed by atoms with E-state index in [1.54, 1.807) is 16.0 Å². The summed E-state index contributed by atoms with van der Waals surface area (Å²) in [7, 11) is 1.87. The zero-order valence-corrected chi connectivity index (χ0v) is 12.0. The molecule has 0 saturated heterocycles. The number of aromatic nitrogens is 2. The van der Waals surface area contributed by atoms with Crippen molar-refractivity contribution in [1.82, 2.24) is 9.78 Å². The van der Waals surface area contributed by atoms with Crippen LogP contribution < -0.4 is 5.32 Å². The number of aliphatic hydroxyl groups is 1. The molecule has 1 atom stereocenters. The Morgan fingerprint density at radius 2 is 2.42 bits per heavy atom. The summed E-state index contributed by atoms with van der Waals surface area (Å²) in [5.74, 6) is 0. The van der Waals surface area contributed by atoms with Gasteiger partial charge in [0, 0.05) is 24.7 Å². The molecule has 0 amide bonds. The predicted octanol–water partition coefficient (Wildman–Crippen LogP) is 1.78. The number of rotatable bonds is 7. The predicted molar refractivity (Wildman–Crippen MR) is 76.4 cm³/mol. The molecule has 2 rings (SSSR count). The van der Waals surface area contributed by atoms with Crippen molar-refractivity contribution in [3.63, 3.8) is 0 Å². The highest BCUT2D eigenvalue weighted by Crippen LogP contribution is 2.12. The average Bonchev–Trinajstić information content (AvgIpc) is 2.97. The lowest BCUT2D eigenvalue weighted by Gasteiger charge is -2.12. The van der Waals surface area contributed by atoms with Crippen molar-refractivity contribution in [2.75, 3.05) is 18.5 Å². The van der Waals surface area contributed by atoms with Crippen LogP contribution in [0.25, 0.3) is 0 Å². The van der Waals surface area contributed by atoms with Gasteiger partial charge in [-0.2, -0.15) is 5.10 Å². The second-order valence-electron chi connectivity index (χ2n) is 4.43. The summed E-state index contributed by atoms with van der Waals surface area (Å²) in [4.78, 5) is 1.17. The van der Waals surface area contributed by atoms with Gasteiger partial charge in [-0.25, -0.2) is 0 Å². The van der Waals surface area contributed by atoms with E-state index in [4.69, 9.17) is 4.74 Å². The second kappa shape index (κ2) is 6.70. The highest BCUT2D eigenvalue weighted by molar-refractivity contribution is 7.09. The van der Waals surface area contributed by atoms with Gasteiger partial charge >= 0.3 is 0 Å². The molecule has 2 heterocycles. The smallest absolute Gasteiger partial charge is 0.0945 e. The maximum Gasteiger partial charge on any atom is 0.0945 e. The number of thiophene rings is 1. The molecule has 1 unspecified atom stereocenters. The van der Waals surface area contributed by atoms with E-state index in [1.165, 1.54) is 4.88 Å². The fraction of sp³-hybridized carbons (Fsp3) is 0.462. The van der Waals surface area contributed by atoms with Crippen molar-refractivity contribution in [2.24, 2.45) is 7.05 Å². The van der Waals surface area contributed by atoms with Crippen molar-refractivity contribution in [3.05, 3.63) is 34.3 Å². The maximum atomic E-state index is 9.83. The fourth-order valence-corrected chi connectivity index (χ4v) is 2.39. The van der Waals surface area contributed by atoms with Gasteiger partial charge in [0.15, 0.2) is 0 Å². The molecule has 0 aliphatic heterocycles. The Morgan fingerprint density at radius 1 is 1.58 bits per heavy atom. The van der Waals surface area contributed by atoms with Crippen LogP contribution in [-0.4, -0.2) is 34.1 Å². The molecule has 0 bridgehead atoms. The Morgan fingerprint density at radius 3 is 3.05 bits per heavy atom. The molecule has 2 aromatic rings. The van der Waals surface area contributed by atoms with Gasteiger partial charge in [-0.1, -0.05) is 6.07 Å². The zero-order chi connectivity index (χ0) is 13.7. The van der Waals surface area contributed by atoms with Crippen LogP contribution >= 0.6 is 11.3 Å². The summed E-state index contributed by atoms with van der Waals surface area (Å²) in [6.45, 7) is 3.27. The third-order valence-electron chi connectivity index (χ3n) is 2.68. The van der Waals surface area contributed by atoms with Crippen LogP contribution in [-0.2, 0) is 18.4 Å². The Bertz CT molecular complexity index is 496. The molecule has 0 spiro atoms. The number of aryl methyl sites for hydroxylation is 2. The summed E-state index contributed by atoms with van der Waals surface area (Å²) in [6, 6.07) is 4.01. The number of anilines is 1. The quantitative estimate of drug-likeness (QED) is 0.812. The Kier molecular flexibility index (Phi) is 4.95. The monoisotopic (exact) mass is 281 g/mol. The Labute approximate surface area is 116 Å². The van der Waals surface area contributed by atoms with Crippen LogP contribution in [0.1, 0.15) is 10.6 Å². The first-order valence-corrected chi connectivity index (χ1v) is 7.05. The first kappa shape index (κ1) is 14.0. The van der Waals surface area contributed by atoms with E-state index in [2.05, 4.69) is 10.4 Å². The van der Waals surface area contributed by atoms with E-state index in [-0.39, 0.29) is 0 Å². The summed E-state index contributed by atoms with van der Waals surface area (Å²) in [5, 5.41) is 19.2. The van der Waals surface area contributed by atoms with Crippen LogP contribution in [0.15, 0.2) is 23.7 Å². The number of ether oxygens (including phenoxy) is 1. The van der Waals surface area contributed by atoms with E-state index in [0.717, 1.165) is 11.4 Å². The van der Waals surface area contributed by atoms with Crippen molar-refractivity contribution >= 4 is 17.0 Å². The highest BCUT2D eigenvalue weighted by Gasteiger charge is 2.07. The molecule has 0 aromatic carbocycles. The lowest BCUT2D eigenvalue weighted by atomic mass is 10.3. The van der Waals surface area contributed by atoms with Gasteiger partial charge in [0.1, 0.15) is 0 Å². The molecule has 0 aliphatic carbocycles. The molecular weight excluding hydrogens is 262 g/mol. The number of hydrogen-bond donors (Lipinski definition) is 2. The molecule has 6 heteroatoms. The minimum Gasteiger partial charge on any atom is -0.389 e. The van der Waals surface area contributed by atoms with Gasteiger partial charge in [-0.15, -0.1) is 11.3 Å². The normalized spacial score (nSPS) is 12.6. The minimum atomic E-state index is -0.528. The summed E-state index contributed by atoms with van der Waals surface area (Å²) >= 11 is 1.66. The maximum absolute atomic E-state index is 9.83. The van der Waals surface area contributed by atoms with Crippen molar-refractivity contribution in [3.8, 4) is 0 Å². The van der Waals surface area contributed by atoms with E-state index in [1.807, 2.05) is 37.7 Å². The molecular formula is C13H19N3O2S. The van der Waals surface area contributed by atoms with Crippen LogP contribution in [0, 0.1) is 6.92 Å². The van der Waals surface area contributed by atoms with Crippen molar-refractivity contribution in [1.29, 1.82) is 0 Å². The second-order valence-corrected chi connectivity index (χ2v) is 5.46. The lowest BCUT2D eigenvalue weighted by molar-refractivity contribution is 0.0359. The Hall–Kier alpha value is -1.37. The Balaban J connectivity index is 1.67. The average molecular weight is 281 g/mol. The molecule has 0 saturated carbocycles. The van der Waals surface area contributed by atoms with Gasteiger partial charge in [0.05, 0.1) is 30.7 Å². The van der Waals surface area contributed by atoms with Crippen LogP contribution in [0.5, 0.6) is 0 Å². The largest absolute Gasteiger partial charge is 0.389 e. The van der Waals surface area contributed by atoms with Crippen LogP contribution in [0.3, 0.4) is 0 Å². The van der Waals surface area contributed by atoms with E-state index >= 15 is 0 Å². The van der Waals surface area contributed by atoms with Crippen molar-refractivity contribution in [2.45, 2.75) is 19.6 Å². The van der Waals surface area contributed by atoms with Gasteiger partial charge in [0.2, 0.25) is 0 Å². The number of nitrogens with one attached hydrogen (secondary N) is 1. The SMILES string of the molecule is Cc1nn(C)cc1NCC(O)COCc1cccs1.